The lowest BCUT2D eigenvalue weighted by Gasteiger charge is -1.79. The molecular weight excluding hydrogens is 152 g/mol. The Labute approximate surface area is 72.1 Å². The molecule has 0 radical (unpaired) electrons. The minimum Gasteiger partial charge on any atom is -0.482 e. The van der Waals surface area contributed by atoms with E-state index in [2.05, 4.69) is 15.0 Å². The molecule has 0 amide bonds. The Balaban J connectivity index is 0.000000127. The Hall–Kier alpha value is -1.51. The van der Waals surface area contributed by atoms with E-state index < -0.39 is 0 Å². The van der Waals surface area contributed by atoms with Crippen molar-refractivity contribution in [3.63, 3.8) is 0 Å². The summed E-state index contributed by atoms with van der Waals surface area (Å²) in [5.41, 5.74) is 0. The molecule has 2 rings (SSSR count). The van der Waals surface area contributed by atoms with Crippen LogP contribution in [-0.4, -0.2) is 19.6 Å². The van der Waals surface area contributed by atoms with E-state index in [1.807, 2.05) is 36.7 Å². The first kappa shape index (κ1) is 8.59. The summed E-state index contributed by atoms with van der Waals surface area (Å²) in [6.45, 7) is 1.62. The molecule has 2 heterocycles. The zero-order valence-corrected chi connectivity index (χ0v) is 6.81. The number of nitrogens with one attached hydrogen (secondary N) is 1. The van der Waals surface area contributed by atoms with Crippen LogP contribution in [0.4, 0.5) is 0 Å². The molecular formula is C9H12N2O. The van der Waals surface area contributed by atoms with Gasteiger partial charge in [0.05, 0.1) is 6.54 Å². The number of allylic oxidation sites excluding steroid dienone is 4. The van der Waals surface area contributed by atoms with Gasteiger partial charge in [0.2, 0.25) is 0 Å². The summed E-state index contributed by atoms with van der Waals surface area (Å²) in [5.74, 6) is 0. The quantitative estimate of drug-likeness (QED) is 0.584. The molecule has 3 heteroatoms. The Morgan fingerprint density at radius 1 is 1.08 bits per heavy atom. The van der Waals surface area contributed by atoms with Crippen LogP contribution in [0.1, 0.15) is 0 Å². The molecule has 0 saturated carbocycles. The van der Waals surface area contributed by atoms with Crippen molar-refractivity contribution in [1.29, 1.82) is 0 Å². The molecule has 0 spiro atoms. The van der Waals surface area contributed by atoms with E-state index in [1.54, 1.807) is 0 Å². The fourth-order valence-corrected chi connectivity index (χ4v) is 0.670. The largest absolute Gasteiger partial charge is 0.482 e. The van der Waals surface area contributed by atoms with Gasteiger partial charge in [-0.3, -0.25) is 4.99 Å². The summed E-state index contributed by atoms with van der Waals surface area (Å²) in [5, 5.41) is 2.92. The van der Waals surface area contributed by atoms with Gasteiger partial charge in [0.25, 0.3) is 0 Å². The fourth-order valence-electron chi connectivity index (χ4n) is 0.670. The van der Waals surface area contributed by atoms with E-state index in [0.29, 0.717) is 0 Å². The van der Waals surface area contributed by atoms with Crippen molar-refractivity contribution in [2.45, 2.75) is 0 Å². The van der Waals surface area contributed by atoms with Gasteiger partial charge in [-0.15, -0.1) is 0 Å². The predicted molar refractivity (Wildman–Crippen MR) is 49.9 cm³/mol. The van der Waals surface area contributed by atoms with Crippen LogP contribution in [0, 0.1) is 0 Å². The van der Waals surface area contributed by atoms with Gasteiger partial charge in [-0.2, -0.15) is 0 Å². The second-order valence-electron chi connectivity index (χ2n) is 2.15. The molecule has 0 aromatic carbocycles. The Bertz CT molecular complexity index is 197. The van der Waals surface area contributed by atoms with E-state index in [9.17, 15) is 0 Å². The molecule has 0 saturated heterocycles. The van der Waals surface area contributed by atoms with Gasteiger partial charge < -0.3 is 10.1 Å². The first-order valence-corrected chi connectivity index (χ1v) is 3.84. The number of ether oxygens (including phenoxy) is 1. The van der Waals surface area contributed by atoms with Gasteiger partial charge >= 0.3 is 0 Å². The van der Waals surface area contributed by atoms with Crippen LogP contribution in [0.2, 0.25) is 0 Å². The Kier molecular flexibility index (Phi) is 4.45. The summed E-state index contributed by atoms with van der Waals surface area (Å²) in [4.78, 5) is 3.74. The van der Waals surface area contributed by atoms with Gasteiger partial charge in [0.1, 0.15) is 6.61 Å². The molecule has 2 aliphatic heterocycles. The number of nitrogens with zero attached hydrogens (tertiary/aromatic N) is 1. The van der Waals surface area contributed by atoms with Crippen molar-refractivity contribution < 1.29 is 4.74 Å². The maximum atomic E-state index is 4.65. The zero-order chi connectivity index (χ0) is 8.49. The van der Waals surface area contributed by atoms with Crippen LogP contribution in [0.5, 0.6) is 0 Å². The monoisotopic (exact) mass is 164 g/mol. The van der Waals surface area contributed by atoms with Gasteiger partial charge in [0.15, 0.2) is 6.40 Å². The van der Waals surface area contributed by atoms with Crippen LogP contribution < -0.4 is 5.32 Å². The smallest absolute Gasteiger partial charge is 0.169 e. The first-order valence-electron chi connectivity index (χ1n) is 3.84. The second-order valence-corrected chi connectivity index (χ2v) is 2.15. The van der Waals surface area contributed by atoms with Gasteiger partial charge in [-0.05, 0) is 12.2 Å². The third-order valence-electron chi connectivity index (χ3n) is 1.21. The number of hydrogen-bond donors (Lipinski definition) is 1. The van der Waals surface area contributed by atoms with E-state index in [-0.39, 0.29) is 0 Å². The minimum absolute atomic E-state index is 0.778. The van der Waals surface area contributed by atoms with Crippen LogP contribution in [0.3, 0.4) is 0 Å². The van der Waals surface area contributed by atoms with E-state index in [4.69, 9.17) is 0 Å². The van der Waals surface area contributed by atoms with Crippen molar-refractivity contribution in [3.8, 4) is 0 Å². The van der Waals surface area contributed by atoms with Crippen LogP contribution in [0.25, 0.3) is 0 Å². The van der Waals surface area contributed by atoms with E-state index in [1.165, 1.54) is 6.40 Å². The first-order chi connectivity index (χ1) is 6.00. The average Bonchev–Trinajstić information content (AvgIpc) is 2.54. The highest BCUT2D eigenvalue weighted by Crippen LogP contribution is 1.81. The third kappa shape index (κ3) is 4.33. The molecule has 3 nitrogen and oxygen atoms in total. The van der Waals surface area contributed by atoms with Gasteiger partial charge in [-0.1, -0.05) is 12.2 Å². The van der Waals surface area contributed by atoms with Crippen LogP contribution in [0.15, 0.2) is 41.7 Å². The zero-order valence-electron chi connectivity index (χ0n) is 6.81. The summed E-state index contributed by atoms with van der Waals surface area (Å²) < 4.78 is 4.65. The number of hydrogen-bond acceptors (Lipinski definition) is 3. The second kappa shape index (κ2) is 6.22. The Morgan fingerprint density at radius 2 is 1.83 bits per heavy atom. The fraction of sp³-hybridized carbons (Fsp3) is 0.222. The highest BCUT2D eigenvalue weighted by atomic mass is 16.5. The molecule has 0 fully saturated rings. The Morgan fingerprint density at radius 3 is 2.25 bits per heavy atom. The lowest BCUT2D eigenvalue weighted by atomic mass is 10.5. The summed E-state index contributed by atoms with van der Waals surface area (Å²) in [6, 6.07) is 0. The van der Waals surface area contributed by atoms with Gasteiger partial charge in [0, 0.05) is 12.4 Å². The van der Waals surface area contributed by atoms with Crippen molar-refractivity contribution in [2.75, 3.05) is 13.2 Å². The van der Waals surface area contributed by atoms with E-state index in [0.717, 1.165) is 13.2 Å². The molecule has 0 atom stereocenters. The molecule has 0 aromatic rings. The molecule has 2 aliphatic rings. The highest BCUT2D eigenvalue weighted by molar-refractivity contribution is 5.47. The summed E-state index contributed by atoms with van der Waals surface area (Å²) >= 11 is 0. The summed E-state index contributed by atoms with van der Waals surface area (Å²) in [7, 11) is 0. The van der Waals surface area contributed by atoms with Crippen molar-refractivity contribution in [3.05, 3.63) is 36.7 Å². The minimum atomic E-state index is 0.778. The number of aliphatic imine (C=N–C) groups is 1. The molecule has 1 N–H and O–H groups in total. The molecule has 12 heavy (non-hydrogen) atoms. The van der Waals surface area contributed by atoms with Crippen molar-refractivity contribution in [1.82, 2.24) is 5.32 Å². The SMILES string of the molecule is C1=CC=CNC=C1.C1=NCCO1. The number of rotatable bonds is 0. The average molecular weight is 164 g/mol. The van der Waals surface area contributed by atoms with E-state index >= 15 is 0 Å². The normalized spacial score (nSPS) is 17.3. The lowest BCUT2D eigenvalue weighted by molar-refractivity contribution is 0.361. The molecule has 64 valence electrons. The maximum Gasteiger partial charge on any atom is 0.169 e. The van der Waals surface area contributed by atoms with Gasteiger partial charge in [-0.25, -0.2) is 0 Å². The molecule has 0 aliphatic carbocycles. The lowest BCUT2D eigenvalue weighted by Crippen LogP contribution is -1.87. The standard InChI is InChI=1S/C6H7N.C3H5NO/c1-2-4-6-7-5-3-1;1-2-5-3-4-1/h1-7H;3H,1-2H2. The molecule has 0 aromatic heterocycles. The van der Waals surface area contributed by atoms with Crippen molar-refractivity contribution in [2.24, 2.45) is 4.99 Å². The molecule has 0 bridgehead atoms. The highest BCUT2D eigenvalue weighted by Gasteiger charge is 1.84. The summed E-state index contributed by atoms with van der Waals surface area (Å²) in [6.07, 6.45) is 13.1. The topological polar surface area (TPSA) is 33.6 Å². The van der Waals surface area contributed by atoms with Crippen LogP contribution >= 0.6 is 0 Å². The van der Waals surface area contributed by atoms with Crippen molar-refractivity contribution >= 4 is 6.40 Å². The third-order valence-corrected chi connectivity index (χ3v) is 1.21. The maximum absolute atomic E-state index is 4.65. The van der Waals surface area contributed by atoms with Crippen LogP contribution in [-0.2, 0) is 4.74 Å². The molecule has 0 unspecified atom stereocenters. The predicted octanol–water partition coefficient (Wildman–Crippen LogP) is 1.22.